The molecule has 1 amide bonds. The van der Waals surface area contributed by atoms with Gasteiger partial charge in [-0.2, -0.15) is 5.10 Å². The van der Waals surface area contributed by atoms with E-state index >= 15 is 0 Å². The van der Waals surface area contributed by atoms with Gasteiger partial charge in [-0.15, -0.1) is 0 Å². The van der Waals surface area contributed by atoms with Crippen LogP contribution in [0.5, 0.6) is 0 Å². The number of nitrogens with one attached hydrogen (secondary N) is 2. The quantitative estimate of drug-likeness (QED) is 0.902. The molecule has 1 fully saturated rings. The zero-order chi connectivity index (χ0) is 16.2. The fourth-order valence-corrected chi connectivity index (χ4v) is 2.81. The van der Waals surface area contributed by atoms with E-state index in [1.165, 1.54) is 12.1 Å². The summed E-state index contributed by atoms with van der Waals surface area (Å²) in [6.07, 6.45) is 3.29. The molecule has 7 heteroatoms. The molecule has 0 bridgehead atoms. The molecule has 1 aliphatic heterocycles. The van der Waals surface area contributed by atoms with Crippen molar-refractivity contribution in [2.24, 2.45) is 5.92 Å². The van der Waals surface area contributed by atoms with Crippen LogP contribution in [0.1, 0.15) is 18.4 Å². The van der Waals surface area contributed by atoms with Gasteiger partial charge in [-0.05, 0) is 43.6 Å². The molecule has 1 aromatic heterocycles. The number of aromatic nitrogens is 2. The number of carbonyl (C=O) groups is 1. The van der Waals surface area contributed by atoms with E-state index in [0.717, 1.165) is 31.5 Å². The van der Waals surface area contributed by atoms with Crippen LogP contribution in [0, 0.1) is 11.7 Å². The predicted molar refractivity (Wildman–Crippen MR) is 87.0 cm³/mol. The van der Waals surface area contributed by atoms with E-state index in [4.69, 9.17) is 11.6 Å². The molecule has 0 aliphatic carbocycles. The Morgan fingerprint density at radius 3 is 2.91 bits per heavy atom. The summed E-state index contributed by atoms with van der Waals surface area (Å²) >= 11 is 5.69. The highest BCUT2D eigenvalue weighted by Crippen LogP contribution is 2.19. The maximum Gasteiger partial charge on any atom is 0.228 e. The largest absolute Gasteiger partial charge is 0.317 e. The van der Waals surface area contributed by atoms with Gasteiger partial charge in [0.05, 0.1) is 17.8 Å². The lowest BCUT2D eigenvalue weighted by atomic mass is 9.97. The number of rotatable bonds is 4. The zero-order valence-electron chi connectivity index (χ0n) is 12.6. The minimum atomic E-state index is -0.461. The van der Waals surface area contributed by atoms with Crippen LogP contribution < -0.4 is 10.6 Å². The molecular weight excluding hydrogens is 319 g/mol. The molecule has 1 saturated heterocycles. The highest BCUT2D eigenvalue weighted by molar-refractivity contribution is 6.30. The van der Waals surface area contributed by atoms with Gasteiger partial charge in [-0.1, -0.05) is 17.7 Å². The lowest BCUT2D eigenvalue weighted by Crippen LogP contribution is -2.35. The number of hydrogen-bond acceptors (Lipinski definition) is 3. The Morgan fingerprint density at radius 2 is 2.17 bits per heavy atom. The van der Waals surface area contributed by atoms with Crippen LogP contribution in [0.15, 0.2) is 30.5 Å². The second-order valence-corrected chi connectivity index (χ2v) is 6.04. The number of carbonyl (C=O) groups excluding carboxylic acids is 1. The number of amides is 1. The Kier molecular flexibility index (Phi) is 4.93. The number of piperidine rings is 1. The molecule has 5 nitrogen and oxygen atoms in total. The van der Waals surface area contributed by atoms with Crippen molar-refractivity contribution in [1.29, 1.82) is 0 Å². The van der Waals surface area contributed by atoms with Gasteiger partial charge in [0.15, 0.2) is 0 Å². The second kappa shape index (κ2) is 7.10. The summed E-state index contributed by atoms with van der Waals surface area (Å²) < 4.78 is 15.2. The minimum Gasteiger partial charge on any atom is -0.317 e. The van der Waals surface area contributed by atoms with Gasteiger partial charge in [0.1, 0.15) is 11.6 Å². The number of anilines is 1. The van der Waals surface area contributed by atoms with Crippen molar-refractivity contribution >= 4 is 23.3 Å². The van der Waals surface area contributed by atoms with Crippen LogP contribution in [0.25, 0.3) is 0 Å². The van der Waals surface area contributed by atoms with Crippen LogP contribution in [-0.4, -0.2) is 28.8 Å². The van der Waals surface area contributed by atoms with Crippen LogP contribution in [0.2, 0.25) is 5.02 Å². The van der Waals surface area contributed by atoms with Crippen molar-refractivity contribution in [3.05, 3.63) is 46.9 Å². The SMILES string of the molecule is O=C(Nc1ccnn1Cc1ccc(Cl)c(F)c1)C1CCNCC1. The third-order valence-electron chi connectivity index (χ3n) is 3.99. The molecule has 23 heavy (non-hydrogen) atoms. The number of benzene rings is 1. The summed E-state index contributed by atoms with van der Waals surface area (Å²) in [6, 6.07) is 6.38. The Morgan fingerprint density at radius 1 is 1.39 bits per heavy atom. The van der Waals surface area contributed by atoms with E-state index in [2.05, 4.69) is 15.7 Å². The molecule has 0 radical (unpaired) electrons. The van der Waals surface area contributed by atoms with Crippen molar-refractivity contribution in [3.8, 4) is 0 Å². The number of hydrogen-bond donors (Lipinski definition) is 2. The van der Waals surface area contributed by atoms with E-state index in [1.807, 2.05) is 0 Å². The monoisotopic (exact) mass is 336 g/mol. The molecule has 0 unspecified atom stereocenters. The van der Waals surface area contributed by atoms with Gasteiger partial charge >= 0.3 is 0 Å². The highest BCUT2D eigenvalue weighted by atomic mass is 35.5. The topological polar surface area (TPSA) is 59.0 Å². The molecular formula is C16H18ClFN4O. The summed E-state index contributed by atoms with van der Waals surface area (Å²) in [7, 11) is 0. The van der Waals surface area contributed by atoms with Crippen LogP contribution in [0.4, 0.5) is 10.2 Å². The lowest BCUT2D eigenvalue weighted by molar-refractivity contribution is -0.120. The van der Waals surface area contributed by atoms with E-state index in [1.54, 1.807) is 23.0 Å². The molecule has 2 heterocycles. The normalized spacial score (nSPS) is 15.6. The molecule has 0 spiro atoms. The smallest absolute Gasteiger partial charge is 0.228 e. The number of nitrogens with zero attached hydrogens (tertiary/aromatic N) is 2. The summed E-state index contributed by atoms with van der Waals surface area (Å²) in [5, 5.41) is 10.4. The highest BCUT2D eigenvalue weighted by Gasteiger charge is 2.21. The molecule has 0 saturated carbocycles. The molecule has 1 aliphatic rings. The van der Waals surface area contributed by atoms with Gasteiger partial charge in [0, 0.05) is 12.0 Å². The maximum absolute atomic E-state index is 13.5. The number of halogens is 2. The Labute approximate surface area is 138 Å². The maximum atomic E-state index is 13.5. The summed E-state index contributed by atoms with van der Waals surface area (Å²) in [5.74, 6) is 0.184. The molecule has 2 aromatic rings. The first-order chi connectivity index (χ1) is 11.1. The average Bonchev–Trinajstić information content (AvgIpc) is 2.98. The third kappa shape index (κ3) is 3.89. The van der Waals surface area contributed by atoms with Gasteiger partial charge in [-0.25, -0.2) is 9.07 Å². The van der Waals surface area contributed by atoms with Crippen LogP contribution in [0.3, 0.4) is 0 Å². The van der Waals surface area contributed by atoms with Crippen molar-refractivity contribution < 1.29 is 9.18 Å². The minimum absolute atomic E-state index is 0.00976. The Hall–Kier alpha value is -1.92. The van der Waals surface area contributed by atoms with E-state index in [0.29, 0.717) is 12.4 Å². The van der Waals surface area contributed by atoms with Gasteiger partial charge in [0.2, 0.25) is 5.91 Å². The lowest BCUT2D eigenvalue weighted by Gasteiger charge is -2.21. The molecule has 1 aromatic carbocycles. The van der Waals surface area contributed by atoms with Crippen LogP contribution in [-0.2, 0) is 11.3 Å². The van der Waals surface area contributed by atoms with Crippen molar-refractivity contribution in [2.75, 3.05) is 18.4 Å². The molecule has 122 valence electrons. The van der Waals surface area contributed by atoms with Gasteiger partial charge < -0.3 is 10.6 Å². The predicted octanol–water partition coefficient (Wildman–Crippen LogP) is 2.66. The third-order valence-corrected chi connectivity index (χ3v) is 4.30. The first kappa shape index (κ1) is 16.0. The van der Waals surface area contributed by atoms with E-state index in [-0.39, 0.29) is 16.8 Å². The summed E-state index contributed by atoms with van der Waals surface area (Å²) in [4.78, 5) is 12.3. The van der Waals surface area contributed by atoms with Gasteiger partial charge in [-0.3, -0.25) is 4.79 Å². The van der Waals surface area contributed by atoms with E-state index in [9.17, 15) is 9.18 Å². The first-order valence-electron chi connectivity index (χ1n) is 7.61. The zero-order valence-corrected chi connectivity index (χ0v) is 13.3. The first-order valence-corrected chi connectivity index (χ1v) is 7.98. The van der Waals surface area contributed by atoms with Gasteiger partial charge in [0.25, 0.3) is 0 Å². The van der Waals surface area contributed by atoms with Crippen molar-refractivity contribution in [3.63, 3.8) is 0 Å². The molecule has 3 rings (SSSR count). The van der Waals surface area contributed by atoms with Crippen molar-refractivity contribution in [1.82, 2.24) is 15.1 Å². The second-order valence-electron chi connectivity index (χ2n) is 5.64. The Bertz CT molecular complexity index is 697. The fourth-order valence-electron chi connectivity index (χ4n) is 2.69. The molecule has 2 N–H and O–H groups in total. The fraction of sp³-hybridized carbons (Fsp3) is 0.375. The van der Waals surface area contributed by atoms with E-state index < -0.39 is 5.82 Å². The van der Waals surface area contributed by atoms with Crippen LogP contribution >= 0.6 is 11.6 Å². The molecule has 0 atom stereocenters. The summed E-state index contributed by atoms with van der Waals surface area (Å²) in [6.45, 7) is 2.09. The van der Waals surface area contributed by atoms with Crippen molar-refractivity contribution in [2.45, 2.75) is 19.4 Å². The summed E-state index contributed by atoms with van der Waals surface area (Å²) in [5.41, 5.74) is 0.730. The average molecular weight is 337 g/mol. The standard InChI is InChI=1S/C16H18ClFN4O/c17-13-2-1-11(9-14(13)18)10-22-15(5-8-20-22)21-16(23)12-3-6-19-7-4-12/h1-2,5,8-9,12,19H,3-4,6-7,10H2,(H,21,23). The Balaban J connectivity index is 1.69.